The van der Waals surface area contributed by atoms with Gasteiger partial charge in [0.15, 0.2) is 0 Å². The number of carbonyl (C=O) groups excluding carboxylic acids is 1. The number of carbonyl (C=O) groups is 1. The first-order chi connectivity index (χ1) is 7.99. The normalized spacial score (nSPS) is 32.1. The minimum Gasteiger partial charge on any atom is -0.337 e. The van der Waals surface area contributed by atoms with Gasteiger partial charge in [-0.05, 0) is 58.0 Å². The van der Waals surface area contributed by atoms with Gasteiger partial charge in [0.25, 0.3) is 0 Å². The predicted molar refractivity (Wildman–Crippen MR) is 69.8 cm³/mol. The van der Waals surface area contributed by atoms with Crippen LogP contribution in [0.15, 0.2) is 0 Å². The molecular formula is C14H26N2O. The number of amides is 1. The molecule has 2 atom stereocenters. The van der Waals surface area contributed by atoms with E-state index >= 15 is 0 Å². The maximum Gasteiger partial charge on any atom is 0.223 e. The van der Waals surface area contributed by atoms with Gasteiger partial charge in [-0.15, -0.1) is 0 Å². The SMILES string of the molecule is CC1CN(C(=O)CCC2CCNC2)C(C)(C)C1. The quantitative estimate of drug-likeness (QED) is 0.816. The van der Waals surface area contributed by atoms with Crippen LogP contribution >= 0.6 is 0 Å². The van der Waals surface area contributed by atoms with Crippen LogP contribution in [0.5, 0.6) is 0 Å². The maximum absolute atomic E-state index is 12.3. The van der Waals surface area contributed by atoms with Gasteiger partial charge in [0.1, 0.15) is 0 Å². The summed E-state index contributed by atoms with van der Waals surface area (Å²) in [5.41, 5.74) is 0.0738. The molecule has 3 heteroatoms. The van der Waals surface area contributed by atoms with Crippen LogP contribution in [0.3, 0.4) is 0 Å². The summed E-state index contributed by atoms with van der Waals surface area (Å²) in [6, 6.07) is 0. The van der Waals surface area contributed by atoms with E-state index in [2.05, 4.69) is 31.0 Å². The van der Waals surface area contributed by atoms with Crippen LogP contribution in [0.25, 0.3) is 0 Å². The van der Waals surface area contributed by atoms with Crippen LogP contribution in [0.2, 0.25) is 0 Å². The van der Waals surface area contributed by atoms with E-state index in [1.54, 1.807) is 0 Å². The highest BCUT2D eigenvalue weighted by Crippen LogP contribution is 2.33. The van der Waals surface area contributed by atoms with Crippen LogP contribution in [0.4, 0.5) is 0 Å². The Balaban J connectivity index is 1.82. The molecule has 0 saturated carbocycles. The molecule has 1 N–H and O–H groups in total. The second kappa shape index (κ2) is 4.97. The Bertz CT molecular complexity index is 282. The highest BCUT2D eigenvalue weighted by atomic mass is 16.2. The van der Waals surface area contributed by atoms with Crippen LogP contribution in [0, 0.1) is 11.8 Å². The molecule has 2 heterocycles. The van der Waals surface area contributed by atoms with Crippen molar-refractivity contribution in [3.8, 4) is 0 Å². The van der Waals surface area contributed by atoms with Gasteiger partial charge >= 0.3 is 0 Å². The molecule has 0 aliphatic carbocycles. The smallest absolute Gasteiger partial charge is 0.223 e. The molecule has 0 aromatic heterocycles. The van der Waals surface area contributed by atoms with Gasteiger partial charge in [-0.1, -0.05) is 6.92 Å². The number of nitrogens with one attached hydrogen (secondary N) is 1. The maximum atomic E-state index is 12.3. The molecule has 0 aromatic rings. The van der Waals surface area contributed by atoms with Crippen molar-refractivity contribution in [3.63, 3.8) is 0 Å². The standard InChI is InChI=1S/C14H26N2O/c1-11-8-14(2,3)16(10-11)13(17)5-4-12-6-7-15-9-12/h11-12,15H,4-10H2,1-3H3. The summed E-state index contributed by atoms with van der Waals surface area (Å²) in [5.74, 6) is 1.75. The first-order valence-corrected chi connectivity index (χ1v) is 7.00. The lowest BCUT2D eigenvalue weighted by atomic mass is 9.97. The van der Waals surface area contributed by atoms with Crippen molar-refractivity contribution >= 4 is 5.91 Å². The van der Waals surface area contributed by atoms with E-state index in [1.807, 2.05) is 0 Å². The molecule has 2 saturated heterocycles. The van der Waals surface area contributed by atoms with Crippen LogP contribution in [-0.2, 0) is 4.79 Å². The fourth-order valence-electron chi connectivity index (χ4n) is 3.45. The Morgan fingerprint density at radius 3 is 2.76 bits per heavy atom. The minimum absolute atomic E-state index is 0.0738. The lowest BCUT2D eigenvalue weighted by Gasteiger charge is -2.32. The molecule has 1 amide bonds. The van der Waals surface area contributed by atoms with Gasteiger partial charge in [-0.25, -0.2) is 0 Å². The average Bonchev–Trinajstić information content (AvgIpc) is 2.82. The van der Waals surface area contributed by atoms with E-state index in [9.17, 15) is 4.79 Å². The molecule has 0 aromatic carbocycles. The van der Waals surface area contributed by atoms with Crippen molar-refractivity contribution in [2.45, 2.75) is 52.0 Å². The van der Waals surface area contributed by atoms with E-state index in [-0.39, 0.29) is 5.54 Å². The van der Waals surface area contributed by atoms with Gasteiger partial charge in [-0.2, -0.15) is 0 Å². The second-order valence-electron chi connectivity index (χ2n) is 6.52. The summed E-state index contributed by atoms with van der Waals surface area (Å²) < 4.78 is 0. The lowest BCUT2D eigenvalue weighted by molar-refractivity contribution is -0.134. The van der Waals surface area contributed by atoms with Gasteiger partial charge in [0.2, 0.25) is 5.91 Å². The van der Waals surface area contributed by atoms with Gasteiger partial charge in [0.05, 0.1) is 0 Å². The molecule has 2 unspecified atom stereocenters. The summed E-state index contributed by atoms with van der Waals surface area (Å²) in [5, 5.41) is 3.36. The summed E-state index contributed by atoms with van der Waals surface area (Å²) in [4.78, 5) is 14.4. The van der Waals surface area contributed by atoms with Crippen molar-refractivity contribution in [1.29, 1.82) is 0 Å². The minimum atomic E-state index is 0.0738. The first-order valence-electron chi connectivity index (χ1n) is 7.00. The van der Waals surface area contributed by atoms with E-state index < -0.39 is 0 Å². The van der Waals surface area contributed by atoms with Crippen molar-refractivity contribution in [1.82, 2.24) is 10.2 Å². The van der Waals surface area contributed by atoms with Crippen molar-refractivity contribution in [3.05, 3.63) is 0 Å². The van der Waals surface area contributed by atoms with Crippen LogP contribution in [-0.4, -0.2) is 36.0 Å². The van der Waals surface area contributed by atoms with Gasteiger partial charge in [0, 0.05) is 18.5 Å². The Morgan fingerprint density at radius 2 is 2.24 bits per heavy atom. The first kappa shape index (κ1) is 12.9. The Morgan fingerprint density at radius 1 is 1.47 bits per heavy atom. The molecule has 3 nitrogen and oxygen atoms in total. The lowest BCUT2D eigenvalue weighted by Crippen LogP contribution is -2.42. The molecule has 98 valence electrons. The van der Waals surface area contributed by atoms with Crippen LogP contribution < -0.4 is 5.32 Å². The molecule has 17 heavy (non-hydrogen) atoms. The highest BCUT2D eigenvalue weighted by molar-refractivity contribution is 5.77. The summed E-state index contributed by atoms with van der Waals surface area (Å²) in [7, 11) is 0. The predicted octanol–water partition coefficient (Wildman–Crippen LogP) is 2.02. The third kappa shape index (κ3) is 3.01. The van der Waals surface area contributed by atoms with Crippen molar-refractivity contribution < 1.29 is 4.79 Å². The van der Waals surface area contributed by atoms with Crippen LogP contribution in [0.1, 0.15) is 46.5 Å². The van der Waals surface area contributed by atoms with Gasteiger partial charge < -0.3 is 10.2 Å². The third-order valence-corrected chi connectivity index (χ3v) is 4.30. The van der Waals surface area contributed by atoms with E-state index in [1.165, 1.54) is 6.42 Å². The molecule has 0 bridgehead atoms. The van der Waals surface area contributed by atoms with Crippen molar-refractivity contribution in [2.24, 2.45) is 11.8 Å². The Labute approximate surface area is 105 Å². The number of hydrogen-bond acceptors (Lipinski definition) is 2. The number of nitrogens with zero attached hydrogens (tertiary/aromatic N) is 1. The molecule has 0 radical (unpaired) electrons. The molecule has 2 aliphatic rings. The van der Waals surface area contributed by atoms with Crippen molar-refractivity contribution in [2.75, 3.05) is 19.6 Å². The second-order valence-corrected chi connectivity index (χ2v) is 6.52. The highest BCUT2D eigenvalue weighted by Gasteiger charge is 2.38. The van der Waals surface area contributed by atoms with E-state index in [4.69, 9.17) is 0 Å². The fourth-order valence-corrected chi connectivity index (χ4v) is 3.45. The van der Waals surface area contributed by atoms with E-state index in [0.29, 0.717) is 11.8 Å². The monoisotopic (exact) mass is 238 g/mol. The molecule has 2 fully saturated rings. The summed E-state index contributed by atoms with van der Waals surface area (Å²) in [6.07, 6.45) is 4.19. The molecule has 0 spiro atoms. The fraction of sp³-hybridized carbons (Fsp3) is 0.929. The zero-order valence-corrected chi connectivity index (χ0v) is 11.5. The molecule has 2 aliphatic heterocycles. The Kier molecular flexibility index (Phi) is 3.76. The van der Waals surface area contributed by atoms with E-state index in [0.717, 1.165) is 44.8 Å². The number of rotatable bonds is 3. The topological polar surface area (TPSA) is 32.3 Å². The average molecular weight is 238 g/mol. The summed E-state index contributed by atoms with van der Waals surface area (Å²) >= 11 is 0. The number of likely N-dealkylation sites (tertiary alicyclic amines) is 1. The molecule has 2 rings (SSSR count). The molecular weight excluding hydrogens is 212 g/mol. The summed E-state index contributed by atoms with van der Waals surface area (Å²) in [6.45, 7) is 9.83. The zero-order chi connectivity index (χ0) is 12.5. The Hall–Kier alpha value is -0.570. The third-order valence-electron chi connectivity index (χ3n) is 4.30. The van der Waals surface area contributed by atoms with Gasteiger partial charge in [-0.3, -0.25) is 4.79 Å². The number of hydrogen-bond donors (Lipinski definition) is 1. The largest absolute Gasteiger partial charge is 0.337 e. The zero-order valence-electron chi connectivity index (χ0n) is 11.5.